The Morgan fingerprint density at radius 3 is 1.25 bits per heavy atom. The van der Waals surface area contributed by atoms with E-state index in [4.69, 9.17) is 9.47 Å². The van der Waals surface area contributed by atoms with Crippen molar-refractivity contribution < 1.29 is 18.4 Å². The number of rotatable bonds is 35. The zero-order chi connectivity index (χ0) is 41.4. The van der Waals surface area contributed by atoms with Crippen LogP contribution >= 0.6 is 0 Å². The van der Waals surface area contributed by atoms with Crippen molar-refractivity contribution in [3.8, 4) is 11.5 Å². The fraction of sp³-hybridized carbons (Fsp3) is 0.882. The van der Waals surface area contributed by atoms with Crippen LogP contribution in [0.15, 0.2) is 12.1 Å². The summed E-state index contributed by atoms with van der Waals surface area (Å²) in [7, 11) is 9.70. The van der Waals surface area contributed by atoms with E-state index in [9.17, 15) is 0 Å². The van der Waals surface area contributed by atoms with E-state index < -0.39 is 0 Å². The third kappa shape index (κ3) is 18.5. The SMILES string of the molecule is CCCCCCCC[N+](C)(C)CCCCOc1cc(C(CC)(CC)C(C)C)c(OCCCC[N+](C)(C)CCCCCCCC)cc1CC(CC)(CC)C(C)C. The molecule has 0 amide bonds. The van der Waals surface area contributed by atoms with Crippen molar-refractivity contribution in [2.75, 3.05) is 67.6 Å². The molecule has 55 heavy (non-hydrogen) atoms. The van der Waals surface area contributed by atoms with Gasteiger partial charge >= 0.3 is 0 Å². The Bertz CT molecular complexity index is 1100. The molecule has 0 saturated heterocycles. The average Bonchev–Trinajstić information content (AvgIpc) is 3.14. The maximum absolute atomic E-state index is 6.96. The molecule has 1 aromatic carbocycles. The quantitative estimate of drug-likeness (QED) is 0.0505. The minimum Gasteiger partial charge on any atom is -0.493 e. The first-order chi connectivity index (χ1) is 26.1. The van der Waals surface area contributed by atoms with Gasteiger partial charge in [0.2, 0.25) is 0 Å². The van der Waals surface area contributed by atoms with Crippen LogP contribution in [0, 0.1) is 17.3 Å². The summed E-state index contributed by atoms with van der Waals surface area (Å²) in [5, 5.41) is 0. The van der Waals surface area contributed by atoms with Crippen molar-refractivity contribution in [2.45, 2.75) is 209 Å². The molecule has 1 rings (SSSR count). The Balaban J connectivity index is 3.23. The second kappa shape index (κ2) is 27.4. The number of hydrogen-bond donors (Lipinski definition) is 0. The molecule has 4 nitrogen and oxygen atoms in total. The molecule has 4 heteroatoms. The van der Waals surface area contributed by atoms with Crippen LogP contribution in [0.25, 0.3) is 0 Å². The van der Waals surface area contributed by atoms with E-state index in [0.717, 1.165) is 65.8 Å². The molecule has 0 N–H and O–H groups in total. The van der Waals surface area contributed by atoms with Crippen molar-refractivity contribution in [3.05, 3.63) is 23.3 Å². The van der Waals surface area contributed by atoms with Gasteiger partial charge in [0, 0.05) is 11.0 Å². The van der Waals surface area contributed by atoms with E-state index in [1.165, 1.54) is 140 Å². The summed E-state index contributed by atoms with van der Waals surface area (Å²) < 4.78 is 16.1. The molecule has 1 aromatic rings. The summed E-state index contributed by atoms with van der Waals surface area (Å²) in [5.41, 5.74) is 3.05. The Kier molecular flexibility index (Phi) is 25.8. The van der Waals surface area contributed by atoms with Gasteiger partial charge in [-0.05, 0) is 118 Å². The largest absolute Gasteiger partial charge is 0.493 e. The number of ether oxygens (including phenoxy) is 2. The van der Waals surface area contributed by atoms with Gasteiger partial charge in [-0.15, -0.1) is 0 Å². The third-order valence-corrected chi connectivity index (χ3v) is 14.3. The van der Waals surface area contributed by atoms with E-state index in [1.54, 1.807) is 0 Å². The van der Waals surface area contributed by atoms with E-state index in [2.05, 4.69) is 110 Å². The maximum atomic E-state index is 6.96. The monoisotopic (exact) mass is 773 g/mol. The molecule has 0 radical (unpaired) electrons. The molecule has 0 saturated carbocycles. The molecule has 0 aliphatic carbocycles. The highest BCUT2D eigenvalue weighted by molar-refractivity contribution is 5.51. The first-order valence-corrected chi connectivity index (χ1v) is 24.2. The molecular weight excluding hydrogens is 673 g/mol. The van der Waals surface area contributed by atoms with Gasteiger partial charge in [0.25, 0.3) is 0 Å². The Morgan fingerprint density at radius 2 is 0.873 bits per heavy atom. The van der Waals surface area contributed by atoms with Crippen LogP contribution in [-0.4, -0.2) is 76.5 Å². The van der Waals surface area contributed by atoms with Crippen LogP contribution in [0.3, 0.4) is 0 Å². The Hall–Kier alpha value is -1.26. The highest BCUT2D eigenvalue weighted by Crippen LogP contribution is 2.48. The molecule has 0 heterocycles. The van der Waals surface area contributed by atoms with Crippen LogP contribution in [-0.2, 0) is 11.8 Å². The summed E-state index contributed by atoms with van der Waals surface area (Å²) in [5.74, 6) is 3.36. The van der Waals surface area contributed by atoms with Crippen molar-refractivity contribution >= 4 is 0 Å². The second-order valence-corrected chi connectivity index (χ2v) is 19.8. The minimum atomic E-state index is 0.0602. The molecule has 324 valence electrons. The lowest BCUT2D eigenvalue weighted by Gasteiger charge is -2.40. The molecular formula is C51H100N2O2+2. The fourth-order valence-corrected chi connectivity index (χ4v) is 9.55. The molecule has 0 spiro atoms. The molecule has 0 fully saturated rings. The minimum absolute atomic E-state index is 0.0602. The molecule has 0 aliphatic rings. The van der Waals surface area contributed by atoms with E-state index in [1.807, 2.05) is 0 Å². The molecule has 0 aromatic heterocycles. The number of unbranched alkanes of at least 4 members (excludes halogenated alkanes) is 12. The summed E-state index contributed by atoms with van der Waals surface area (Å²) in [6.45, 7) is 30.4. The first-order valence-electron chi connectivity index (χ1n) is 24.2. The smallest absolute Gasteiger partial charge is 0.123 e. The van der Waals surface area contributed by atoms with Crippen LogP contribution in [0.1, 0.15) is 209 Å². The van der Waals surface area contributed by atoms with Crippen LogP contribution in [0.2, 0.25) is 0 Å². The summed E-state index contributed by atoms with van der Waals surface area (Å²) in [6.07, 6.45) is 26.7. The number of benzene rings is 1. The van der Waals surface area contributed by atoms with Gasteiger partial charge < -0.3 is 18.4 Å². The van der Waals surface area contributed by atoms with Gasteiger partial charge in [-0.25, -0.2) is 0 Å². The van der Waals surface area contributed by atoms with Crippen LogP contribution in [0.4, 0.5) is 0 Å². The van der Waals surface area contributed by atoms with Crippen molar-refractivity contribution in [1.82, 2.24) is 0 Å². The van der Waals surface area contributed by atoms with Crippen molar-refractivity contribution in [2.24, 2.45) is 17.3 Å². The van der Waals surface area contributed by atoms with E-state index >= 15 is 0 Å². The lowest BCUT2D eigenvalue weighted by atomic mass is 9.66. The van der Waals surface area contributed by atoms with Gasteiger partial charge in [0.05, 0.1) is 67.6 Å². The lowest BCUT2D eigenvalue weighted by molar-refractivity contribution is -0.890. The topological polar surface area (TPSA) is 18.5 Å². The number of nitrogens with zero attached hydrogens (tertiary/aromatic N) is 2. The summed E-state index contributed by atoms with van der Waals surface area (Å²) in [6, 6.07) is 4.92. The summed E-state index contributed by atoms with van der Waals surface area (Å²) >= 11 is 0. The van der Waals surface area contributed by atoms with Crippen LogP contribution < -0.4 is 9.47 Å². The van der Waals surface area contributed by atoms with Gasteiger partial charge in [0.15, 0.2) is 0 Å². The van der Waals surface area contributed by atoms with E-state index in [-0.39, 0.29) is 10.8 Å². The van der Waals surface area contributed by atoms with Crippen LogP contribution in [0.5, 0.6) is 11.5 Å². The third-order valence-electron chi connectivity index (χ3n) is 14.3. The standard InChI is InChI=1S/C51H100N2O2/c1-15-21-23-25-27-29-35-52(11,12)37-31-33-39-54-48-42-47(51(19-5,20-6)45(9)10)49(41-46(48)43-50(17-3,18-4)44(7)8)55-40-34-32-38-53(13,14)36-30-28-26-24-22-16-2/h41-42,44-45H,15-40,43H2,1-14H3/q+2. The lowest BCUT2D eigenvalue weighted by Crippen LogP contribution is -2.41. The number of quaternary nitrogens is 2. The number of hydrogen-bond acceptors (Lipinski definition) is 2. The predicted molar refractivity (Wildman–Crippen MR) is 245 cm³/mol. The molecule has 0 bridgehead atoms. The fourth-order valence-electron chi connectivity index (χ4n) is 9.55. The second-order valence-electron chi connectivity index (χ2n) is 19.8. The van der Waals surface area contributed by atoms with Gasteiger partial charge in [-0.2, -0.15) is 0 Å². The highest BCUT2D eigenvalue weighted by atomic mass is 16.5. The highest BCUT2D eigenvalue weighted by Gasteiger charge is 2.37. The van der Waals surface area contributed by atoms with Crippen molar-refractivity contribution in [3.63, 3.8) is 0 Å². The first kappa shape index (κ1) is 51.8. The Morgan fingerprint density at radius 1 is 0.473 bits per heavy atom. The zero-order valence-corrected chi connectivity index (χ0v) is 40.1. The van der Waals surface area contributed by atoms with Gasteiger partial charge in [-0.1, -0.05) is 121 Å². The van der Waals surface area contributed by atoms with Crippen molar-refractivity contribution in [1.29, 1.82) is 0 Å². The average molecular weight is 773 g/mol. The summed E-state index contributed by atoms with van der Waals surface area (Å²) in [4.78, 5) is 0. The van der Waals surface area contributed by atoms with Gasteiger partial charge in [0.1, 0.15) is 11.5 Å². The normalized spacial score (nSPS) is 13.0. The zero-order valence-electron chi connectivity index (χ0n) is 40.1. The molecule has 0 aliphatic heterocycles. The molecule has 0 unspecified atom stereocenters. The molecule has 0 atom stereocenters. The predicted octanol–water partition coefficient (Wildman–Crippen LogP) is 14.6. The van der Waals surface area contributed by atoms with E-state index in [0.29, 0.717) is 11.8 Å². The van der Waals surface area contributed by atoms with Gasteiger partial charge in [-0.3, -0.25) is 0 Å². The Labute approximate surface area is 346 Å². The maximum Gasteiger partial charge on any atom is 0.123 e.